The summed E-state index contributed by atoms with van der Waals surface area (Å²) in [6.07, 6.45) is 5.34. The Morgan fingerprint density at radius 3 is 2.48 bits per heavy atom. The molecule has 1 heterocycles. The smallest absolute Gasteiger partial charge is 0.293 e. The molecule has 0 spiro atoms. The van der Waals surface area contributed by atoms with Crippen LogP contribution in [0.2, 0.25) is 0 Å². The summed E-state index contributed by atoms with van der Waals surface area (Å²) in [6, 6.07) is 4.99. The number of ether oxygens (including phenoxy) is 1. The Bertz CT molecular complexity index is 588. The first-order valence-electron chi connectivity index (χ1n) is 8.73. The van der Waals surface area contributed by atoms with E-state index in [0.717, 1.165) is 5.69 Å². The second kappa shape index (κ2) is 13.0. The zero-order chi connectivity index (χ0) is 19.2. The highest BCUT2D eigenvalue weighted by Crippen LogP contribution is 2.21. The molecule has 1 aromatic heterocycles. The standard InChI is InChI=1S/C15H18FN3O2.2C2H6/c1-3-13(21-11-20)9-18(2)12-4-5-15(14(16)8-12)19-7-6-17-10-19;2*1-2/h4-8,10-11,13H,3,9H2,1-2H3;2*1-2H3/t13-;;/m0../s1. The lowest BCUT2D eigenvalue weighted by atomic mass is 10.2. The maximum Gasteiger partial charge on any atom is 0.293 e. The van der Waals surface area contributed by atoms with E-state index in [1.54, 1.807) is 29.4 Å². The Hall–Kier alpha value is -2.37. The van der Waals surface area contributed by atoms with Crippen LogP contribution in [-0.4, -0.2) is 35.7 Å². The van der Waals surface area contributed by atoms with E-state index in [4.69, 9.17) is 4.74 Å². The van der Waals surface area contributed by atoms with Gasteiger partial charge in [0.2, 0.25) is 0 Å². The van der Waals surface area contributed by atoms with Crippen LogP contribution in [0.1, 0.15) is 41.0 Å². The van der Waals surface area contributed by atoms with Crippen molar-refractivity contribution in [2.75, 3.05) is 18.5 Å². The number of hydrogen-bond acceptors (Lipinski definition) is 4. The molecule has 6 heteroatoms. The predicted molar refractivity (Wildman–Crippen MR) is 101 cm³/mol. The van der Waals surface area contributed by atoms with Crippen molar-refractivity contribution < 1.29 is 13.9 Å². The number of carbonyl (C=O) groups is 1. The average molecular weight is 351 g/mol. The van der Waals surface area contributed by atoms with E-state index in [1.165, 1.54) is 6.07 Å². The first-order valence-corrected chi connectivity index (χ1v) is 8.73. The van der Waals surface area contributed by atoms with E-state index >= 15 is 0 Å². The molecule has 0 bridgehead atoms. The van der Waals surface area contributed by atoms with Gasteiger partial charge in [-0.2, -0.15) is 0 Å². The van der Waals surface area contributed by atoms with Crippen molar-refractivity contribution in [2.24, 2.45) is 0 Å². The van der Waals surface area contributed by atoms with Crippen molar-refractivity contribution in [1.82, 2.24) is 9.55 Å². The van der Waals surface area contributed by atoms with Crippen LogP contribution in [0.4, 0.5) is 10.1 Å². The van der Waals surface area contributed by atoms with Crippen LogP contribution in [0, 0.1) is 5.82 Å². The van der Waals surface area contributed by atoms with Crippen LogP contribution < -0.4 is 4.90 Å². The SMILES string of the molecule is CC.CC.CC[C@@H](CN(C)c1ccc(-n2ccnc2)c(F)c1)OC=O. The lowest BCUT2D eigenvalue weighted by Gasteiger charge is -2.24. The van der Waals surface area contributed by atoms with E-state index in [-0.39, 0.29) is 11.9 Å². The highest BCUT2D eigenvalue weighted by Gasteiger charge is 2.13. The third-order valence-electron chi connectivity index (χ3n) is 3.34. The van der Waals surface area contributed by atoms with E-state index in [1.807, 2.05) is 52.6 Å². The molecule has 140 valence electrons. The normalized spacial score (nSPS) is 10.5. The molecule has 0 saturated heterocycles. The molecule has 2 aromatic rings. The van der Waals surface area contributed by atoms with Crippen molar-refractivity contribution >= 4 is 12.2 Å². The van der Waals surface area contributed by atoms with Crippen molar-refractivity contribution in [3.63, 3.8) is 0 Å². The zero-order valence-electron chi connectivity index (χ0n) is 16.1. The van der Waals surface area contributed by atoms with E-state index in [9.17, 15) is 9.18 Å². The van der Waals surface area contributed by atoms with Gasteiger partial charge in [-0.25, -0.2) is 9.37 Å². The fourth-order valence-corrected chi connectivity index (χ4v) is 2.10. The summed E-state index contributed by atoms with van der Waals surface area (Å²) in [6.45, 7) is 10.9. The van der Waals surface area contributed by atoms with Crippen LogP contribution in [0.25, 0.3) is 5.69 Å². The number of carbonyl (C=O) groups excluding carboxylic acids is 1. The fraction of sp³-hybridized carbons (Fsp3) is 0.474. The summed E-state index contributed by atoms with van der Waals surface area (Å²) in [5.41, 5.74) is 1.17. The van der Waals surface area contributed by atoms with Gasteiger partial charge in [-0.15, -0.1) is 0 Å². The lowest BCUT2D eigenvalue weighted by Crippen LogP contribution is -2.30. The van der Waals surface area contributed by atoms with Crippen LogP contribution >= 0.6 is 0 Å². The maximum atomic E-state index is 14.2. The third kappa shape index (κ3) is 6.95. The number of rotatable bonds is 7. The molecule has 25 heavy (non-hydrogen) atoms. The first-order chi connectivity index (χ1) is 12.2. The Labute approximate surface area is 150 Å². The number of anilines is 1. The van der Waals surface area contributed by atoms with Crippen molar-refractivity contribution in [3.05, 3.63) is 42.7 Å². The average Bonchev–Trinajstić information content (AvgIpc) is 3.19. The van der Waals surface area contributed by atoms with Gasteiger partial charge in [-0.3, -0.25) is 4.79 Å². The van der Waals surface area contributed by atoms with Gasteiger partial charge in [0.05, 0.1) is 18.6 Å². The second-order valence-electron chi connectivity index (χ2n) is 4.75. The minimum atomic E-state index is -0.332. The molecule has 0 radical (unpaired) electrons. The first kappa shape index (κ1) is 22.6. The molecular weight excluding hydrogens is 321 g/mol. The summed E-state index contributed by atoms with van der Waals surface area (Å²) in [4.78, 5) is 16.2. The third-order valence-corrected chi connectivity index (χ3v) is 3.34. The molecular formula is C19H30FN3O2. The van der Waals surface area contributed by atoms with Gasteiger partial charge in [0, 0.05) is 25.1 Å². The molecule has 0 saturated carbocycles. The number of likely N-dealkylation sites (N-methyl/N-ethyl adjacent to an activating group) is 1. The minimum Gasteiger partial charge on any atom is -0.463 e. The monoisotopic (exact) mass is 351 g/mol. The van der Waals surface area contributed by atoms with Crippen LogP contribution in [0.5, 0.6) is 0 Å². The topological polar surface area (TPSA) is 47.4 Å². The highest BCUT2D eigenvalue weighted by molar-refractivity contribution is 5.51. The lowest BCUT2D eigenvalue weighted by molar-refractivity contribution is -0.133. The number of halogens is 1. The van der Waals surface area contributed by atoms with Gasteiger partial charge < -0.3 is 14.2 Å². The van der Waals surface area contributed by atoms with E-state index < -0.39 is 0 Å². The molecule has 0 N–H and O–H groups in total. The summed E-state index contributed by atoms with van der Waals surface area (Å²) >= 11 is 0. The van der Waals surface area contributed by atoms with Gasteiger partial charge >= 0.3 is 0 Å². The molecule has 2 rings (SSSR count). The van der Waals surface area contributed by atoms with Crippen LogP contribution in [0.15, 0.2) is 36.9 Å². The quantitative estimate of drug-likeness (QED) is 0.691. The molecule has 1 aromatic carbocycles. The van der Waals surface area contributed by atoms with E-state index in [0.29, 0.717) is 25.1 Å². The summed E-state index contributed by atoms with van der Waals surface area (Å²) in [5.74, 6) is -0.332. The van der Waals surface area contributed by atoms with Gasteiger partial charge in [0.15, 0.2) is 0 Å². The second-order valence-corrected chi connectivity index (χ2v) is 4.75. The largest absolute Gasteiger partial charge is 0.463 e. The number of imidazole rings is 1. The molecule has 0 aliphatic rings. The molecule has 0 unspecified atom stereocenters. The fourth-order valence-electron chi connectivity index (χ4n) is 2.10. The van der Waals surface area contributed by atoms with Gasteiger partial charge in [-0.05, 0) is 24.6 Å². The molecule has 0 amide bonds. The van der Waals surface area contributed by atoms with Crippen LogP contribution in [-0.2, 0) is 9.53 Å². The Morgan fingerprint density at radius 1 is 1.32 bits per heavy atom. The number of benzene rings is 1. The molecule has 0 fully saturated rings. The van der Waals surface area contributed by atoms with Gasteiger partial charge in [-0.1, -0.05) is 34.6 Å². The summed E-state index contributed by atoms with van der Waals surface area (Å²) in [5, 5.41) is 0. The zero-order valence-corrected chi connectivity index (χ0v) is 16.1. The predicted octanol–water partition coefficient (Wildman–Crippen LogP) is 4.45. The summed E-state index contributed by atoms with van der Waals surface area (Å²) in [7, 11) is 1.84. The van der Waals surface area contributed by atoms with Crippen molar-refractivity contribution in [3.8, 4) is 5.69 Å². The number of aromatic nitrogens is 2. The van der Waals surface area contributed by atoms with Crippen molar-refractivity contribution in [2.45, 2.75) is 47.1 Å². The highest BCUT2D eigenvalue weighted by atomic mass is 19.1. The van der Waals surface area contributed by atoms with Gasteiger partial charge in [0.25, 0.3) is 6.47 Å². The maximum absolute atomic E-state index is 14.2. The Kier molecular flexibility index (Phi) is 11.8. The molecule has 1 atom stereocenters. The molecule has 0 aliphatic heterocycles. The van der Waals surface area contributed by atoms with Gasteiger partial charge in [0.1, 0.15) is 11.9 Å². The number of nitrogens with zero attached hydrogens (tertiary/aromatic N) is 3. The van der Waals surface area contributed by atoms with E-state index in [2.05, 4.69) is 4.98 Å². The molecule has 0 aliphatic carbocycles. The summed E-state index contributed by atoms with van der Waals surface area (Å²) < 4.78 is 20.8. The molecule has 5 nitrogen and oxygen atoms in total. The Balaban J connectivity index is 0.00000134. The number of hydrogen-bond donors (Lipinski definition) is 0. The minimum absolute atomic E-state index is 0.205. The van der Waals surface area contributed by atoms with Crippen LogP contribution in [0.3, 0.4) is 0 Å². The van der Waals surface area contributed by atoms with Crippen molar-refractivity contribution in [1.29, 1.82) is 0 Å². The Morgan fingerprint density at radius 2 is 2.00 bits per heavy atom.